The van der Waals surface area contributed by atoms with Crippen molar-refractivity contribution in [1.82, 2.24) is 4.31 Å². The summed E-state index contributed by atoms with van der Waals surface area (Å²) in [5.41, 5.74) is 5.30. The summed E-state index contributed by atoms with van der Waals surface area (Å²) < 4.78 is 36.0. The zero-order valence-electron chi connectivity index (χ0n) is 11.3. The minimum absolute atomic E-state index is 0.00905. The molecule has 0 amide bonds. The molecular weight excluding hydrogens is 302 g/mol. The lowest BCUT2D eigenvalue weighted by molar-refractivity contribution is -0.386. The van der Waals surface area contributed by atoms with E-state index < -0.39 is 26.8 Å². The van der Waals surface area contributed by atoms with Crippen LogP contribution in [0.2, 0.25) is 0 Å². The highest BCUT2D eigenvalue weighted by atomic mass is 32.2. The largest absolute Gasteiger partial charge is 0.490 e. The molecule has 2 N–H and O–H groups in total. The highest BCUT2D eigenvalue weighted by Crippen LogP contribution is 2.31. The summed E-state index contributed by atoms with van der Waals surface area (Å²) in [5.74, 6) is -0.00905. The third-order valence-corrected chi connectivity index (χ3v) is 4.99. The molecule has 9 nitrogen and oxygen atoms in total. The van der Waals surface area contributed by atoms with Crippen molar-refractivity contribution in [3.8, 4) is 5.75 Å². The fourth-order valence-electron chi connectivity index (χ4n) is 2.01. The van der Waals surface area contributed by atoms with Crippen molar-refractivity contribution in [3.05, 3.63) is 28.3 Å². The minimum atomic E-state index is -3.92. The molecule has 1 heterocycles. The molecule has 2 rings (SSSR count). The Bertz CT molecular complexity index is 647. The molecular formula is C11H15N3O6S. The Hall–Kier alpha value is -1.75. The molecule has 1 aliphatic heterocycles. The number of hydrogen-bond acceptors (Lipinski definition) is 7. The molecule has 21 heavy (non-hydrogen) atoms. The quantitative estimate of drug-likeness (QED) is 0.607. The maximum absolute atomic E-state index is 12.5. The first-order valence-electron chi connectivity index (χ1n) is 6.05. The number of benzene rings is 1. The van der Waals surface area contributed by atoms with E-state index in [1.807, 2.05) is 0 Å². The molecule has 0 radical (unpaired) electrons. The number of sulfonamides is 1. The topological polar surface area (TPSA) is 125 Å². The number of rotatable bonds is 4. The number of nitro groups is 1. The van der Waals surface area contributed by atoms with Gasteiger partial charge in [0.25, 0.3) is 0 Å². The Morgan fingerprint density at radius 1 is 1.52 bits per heavy atom. The standard InChI is InChI=1S/C11H15N3O6S/c1-19-10-3-2-8(6-9(10)14(15)16)21(17,18)13-4-5-20-7-11(13)12/h2-3,6,11H,4-5,7,12H2,1H3. The van der Waals surface area contributed by atoms with Crippen LogP contribution in [-0.4, -0.2) is 50.7 Å². The Morgan fingerprint density at radius 3 is 2.81 bits per heavy atom. The molecule has 0 aromatic heterocycles. The van der Waals surface area contributed by atoms with E-state index in [0.29, 0.717) is 0 Å². The molecule has 1 saturated heterocycles. The number of hydrogen-bond donors (Lipinski definition) is 1. The van der Waals surface area contributed by atoms with Gasteiger partial charge in [0, 0.05) is 12.6 Å². The van der Waals surface area contributed by atoms with E-state index in [1.165, 1.54) is 19.2 Å². The molecule has 0 spiro atoms. The number of nitro benzene ring substituents is 1. The number of nitrogens with zero attached hydrogens (tertiary/aromatic N) is 2. The maximum atomic E-state index is 12.5. The van der Waals surface area contributed by atoms with Crippen molar-refractivity contribution in [2.45, 2.75) is 11.1 Å². The van der Waals surface area contributed by atoms with E-state index in [9.17, 15) is 18.5 Å². The number of methoxy groups -OCH3 is 1. The third kappa shape index (κ3) is 2.97. The average Bonchev–Trinajstić information content (AvgIpc) is 2.46. The lowest BCUT2D eigenvalue weighted by Crippen LogP contribution is -2.53. The number of ether oxygens (including phenoxy) is 2. The fourth-order valence-corrected chi connectivity index (χ4v) is 3.52. The summed E-state index contributed by atoms with van der Waals surface area (Å²) in [7, 11) is -2.65. The SMILES string of the molecule is COc1ccc(S(=O)(=O)N2CCOCC2N)cc1[N+](=O)[O-]. The number of nitrogens with two attached hydrogens (primary N) is 1. The molecule has 0 saturated carbocycles. The fraction of sp³-hybridized carbons (Fsp3) is 0.455. The first-order valence-corrected chi connectivity index (χ1v) is 7.49. The highest BCUT2D eigenvalue weighted by molar-refractivity contribution is 7.89. The Labute approximate surface area is 121 Å². The minimum Gasteiger partial charge on any atom is -0.490 e. The van der Waals surface area contributed by atoms with Crippen molar-refractivity contribution >= 4 is 15.7 Å². The monoisotopic (exact) mass is 317 g/mol. The van der Waals surface area contributed by atoms with E-state index in [1.54, 1.807) is 0 Å². The molecule has 1 aromatic carbocycles. The summed E-state index contributed by atoms with van der Waals surface area (Å²) in [6, 6.07) is 3.47. The predicted octanol–water partition coefficient (Wildman–Crippen LogP) is -0.0909. The van der Waals surface area contributed by atoms with Gasteiger partial charge in [-0.1, -0.05) is 0 Å². The van der Waals surface area contributed by atoms with Crippen molar-refractivity contribution < 1.29 is 22.8 Å². The van der Waals surface area contributed by atoms with Gasteiger partial charge in [-0.25, -0.2) is 8.42 Å². The molecule has 10 heteroatoms. The molecule has 1 aromatic rings. The van der Waals surface area contributed by atoms with Crippen molar-refractivity contribution in [2.75, 3.05) is 26.9 Å². The molecule has 1 atom stereocenters. The smallest absolute Gasteiger partial charge is 0.312 e. The van der Waals surface area contributed by atoms with Gasteiger partial charge in [-0.3, -0.25) is 10.1 Å². The van der Waals surface area contributed by atoms with Crippen LogP contribution in [0.1, 0.15) is 0 Å². The first-order chi connectivity index (χ1) is 9.87. The summed E-state index contributed by atoms with van der Waals surface area (Å²) in [6.45, 7) is 0.409. The summed E-state index contributed by atoms with van der Waals surface area (Å²) in [5, 5.41) is 11.0. The predicted molar refractivity (Wildman–Crippen MR) is 72.3 cm³/mol. The van der Waals surface area contributed by atoms with Crippen LogP contribution >= 0.6 is 0 Å². The van der Waals surface area contributed by atoms with Crippen molar-refractivity contribution in [1.29, 1.82) is 0 Å². The first kappa shape index (κ1) is 15.6. The van der Waals surface area contributed by atoms with Crippen LogP contribution in [0.3, 0.4) is 0 Å². The van der Waals surface area contributed by atoms with Gasteiger partial charge in [0.2, 0.25) is 10.0 Å². The van der Waals surface area contributed by atoms with Crippen LogP contribution in [0.4, 0.5) is 5.69 Å². The van der Waals surface area contributed by atoms with Gasteiger partial charge in [0.1, 0.15) is 0 Å². The van der Waals surface area contributed by atoms with E-state index in [4.69, 9.17) is 15.2 Å². The lowest BCUT2D eigenvalue weighted by atomic mass is 10.3. The van der Waals surface area contributed by atoms with Gasteiger partial charge in [-0.2, -0.15) is 4.31 Å². The summed E-state index contributed by atoms with van der Waals surface area (Å²) >= 11 is 0. The molecule has 116 valence electrons. The second-order valence-electron chi connectivity index (χ2n) is 4.35. The van der Waals surface area contributed by atoms with Gasteiger partial charge in [0.15, 0.2) is 5.75 Å². The van der Waals surface area contributed by atoms with Crippen molar-refractivity contribution in [3.63, 3.8) is 0 Å². The summed E-state index contributed by atoms with van der Waals surface area (Å²) in [6.07, 6.45) is -0.815. The van der Waals surface area contributed by atoms with Gasteiger partial charge in [-0.05, 0) is 12.1 Å². The van der Waals surface area contributed by atoms with Gasteiger partial charge in [0.05, 0.1) is 36.3 Å². The second kappa shape index (κ2) is 5.93. The average molecular weight is 317 g/mol. The van der Waals surface area contributed by atoms with Crippen LogP contribution in [0.25, 0.3) is 0 Å². The molecule has 1 fully saturated rings. The molecule has 0 aliphatic carbocycles. The number of morpholine rings is 1. The van der Waals surface area contributed by atoms with Crippen LogP contribution < -0.4 is 10.5 Å². The van der Waals surface area contributed by atoms with E-state index in [0.717, 1.165) is 10.4 Å². The molecule has 0 bridgehead atoms. The van der Waals surface area contributed by atoms with Crippen LogP contribution in [-0.2, 0) is 14.8 Å². The molecule has 1 unspecified atom stereocenters. The summed E-state index contributed by atoms with van der Waals surface area (Å²) in [4.78, 5) is 10.1. The highest BCUT2D eigenvalue weighted by Gasteiger charge is 2.33. The van der Waals surface area contributed by atoms with Crippen LogP contribution in [0.5, 0.6) is 5.75 Å². The van der Waals surface area contributed by atoms with Gasteiger partial charge in [-0.15, -0.1) is 0 Å². The van der Waals surface area contributed by atoms with Crippen LogP contribution in [0.15, 0.2) is 23.1 Å². The second-order valence-corrected chi connectivity index (χ2v) is 6.24. The Balaban J connectivity index is 2.45. The van der Waals surface area contributed by atoms with E-state index >= 15 is 0 Å². The zero-order chi connectivity index (χ0) is 15.6. The Kier molecular flexibility index (Phi) is 4.42. The van der Waals surface area contributed by atoms with Crippen molar-refractivity contribution in [2.24, 2.45) is 5.73 Å². The van der Waals surface area contributed by atoms with Gasteiger partial charge < -0.3 is 15.2 Å². The molecule has 1 aliphatic rings. The van der Waals surface area contributed by atoms with E-state index in [2.05, 4.69) is 0 Å². The maximum Gasteiger partial charge on any atom is 0.312 e. The van der Waals surface area contributed by atoms with Crippen LogP contribution in [0, 0.1) is 10.1 Å². The lowest BCUT2D eigenvalue weighted by Gasteiger charge is -2.31. The zero-order valence-corrected chi connectivity index (χ0v) is 12.1. The van der Waals surface area contributed by atoms with Gasteiger partial charge >= 0.3 is 5.69 Å². The Morgan fingerprint density at radius 2 is 2.24 bits per heavy atom. The van der Waals surface area contributed by atoms with E-state index in [-0.39, 0.29) is 30.4 Å². The third-order valence-electron chi connectivity index (χ3n) is 3.07. The normalized spacial score (nSPS) is 20.2.